The number of hydrogen-bond acceptors (Lipinski definition) is 3. The molecule has 0 amide bonds. The van der Waals surface area contributed by atoms with Gasteiger partial charge in [0.25, 0.3) is 0 Å². The van der Waals surface area contributed by atoms with E-state index in [1.165, 1.54) is 19.3 Å². The zero-order chi connectivity index (χ0) is 14.7. The highest BCUT2D eigenvalue weighted by Crippen LogP contribution is 2.70. The van der Waals surface area contributed by atoms with Gasteiger partial charge >= 0.3 is 11.9 Å². The van der Waals surface area contributed by atoms with E-state index in [0.717, 1.165) is 18.8 Å². The van der Waals surface area contributed by atoms with E-state index in [9.17, 15) is 9.59 Å². The highest BCUT2D eigenvalue weighted by Gasteiger charge is 2.71. The van der Waals surface area contributed by atoms with Crippen LogP contribution in [0.25, 0.3) is 0 Å². The Morgan fingerprint density at radius 2 is 1.95 bits per heavy atom. The van der Waals surface area contributed by atoms with Crippen molar-refractivity contribution in [3.05, 3.63) is 0 Å². The van der Waals surface area contributed by atoms with Crippen LogP contribution in [0.1, 0.15) is 59.8 Å². The van der Waals surface area contributed by atoms with Gasteiger partial charge in [0.2, 0.25) is 0 Å². The lowest BCUT2D eigenvalue weighted by molar-refractivity contribution is -0.163. The van der Waals surface area contributed by atoms with Crippen molar-refractivity contribution in [1.82, 2.24) is 0 Å². The molecule has 0 aromatic heterocycles. The van der Waals surface area contributed by atoms with Crippen molar-refractivity contribution in [3.8, 4) is 0 Å². The Bertz CT molecular complexity index is 453. The van der Waals surface area contributed by atoms with Crippen LogP contribution in [0.15, 0.2) is 0 Å². The summed E-state index contributed by atoms with van der Waals surface area (Å²) in [6.45, 7) is 8.41. The van der Waals surface area contributed by atoms with E-state index in [1.807, 2.05) is 13.8 Å². The zero-order valence-corrected chi connectivity index (χ0v) is 13.1. The first-order chi connectivity index (χ1) is 9.39. The zero-order valence-electron chi connectivity index (χ0n) is 13.1. The minimum absolute atomic E-state index is 0.0344. The van der Waals surface area contributed by atoms with Crippen LogP contribution in [0.2, 0.25) is 0 Å². The predicted octanol–water partition coefficient (Wildman–Crippen LogP) is 3.56. The number of hydrogen-bond donors (Lipinski definition) is 0. The highest BCUT2D eigenvalue weighted by molar-refractivity contribution is 5.99. The molecular formula is C17H26O3. The van der Waals surface area contributed by atoms with Crippen molar-refractivity contribution >= 4 is 11.9 Å². The molecule has 112 valence electrons. The normalized spacial score (nSPS) is 50.8. The first-order valence-corrected chi connectivity index (χ1v) is 8.15. The quantitative estimate of drug-likeness (QED) is 0.585. The first-order valence-electron chi connectivity index (χ1n) is 8.15. The Labute approximate surface area is 121 Å². The van der Waals surface area contributed by atoms with Crippen LogP contribution in [-0.2, 0) is 14.3 Å². The standard InChI is InChI=1S/C17H26O3/c1-5-8-17(10(2)12-6-7-13(17)9-12)16(4)11(3)14(18)20-15(16)19/h10-13H,5-9H2,1-4H3. The molecule has 3 fully saturated rings. The molecule has 20 heavy (non-hydrogen) atoms. The van der Waals surface area contributed by atoms with Gasteiger partial charge in [-0.15, -0.1) is 0 Å². The van der Waals surface area contributed by atoms with E-state index in [2.05, 4.69) is 13.8 Å². The molecule has 1 aliphatic heterocycles. The van der Waals surface area contributed by atoms with Gasteiger partial charge in [-0.25, -0.2) is 0 Å². The fourth-order valence-corrected chi connectivity index (χ4v) is 6.02. The molecule has 2 aliphatic carbocycles. The third-order valence-electron chi connectivity index (χ3n) is 7.19. The monoisotopic (exact) mass is 278 g/mol. The lowest BCUT2D eigenvalue weighted by Crippen LogP contribution is -2.53. The molecule has 6 atom stereocenters. The molecule has 2 bridgehead atoms. The Hall–Kier alpha value is -0.860. The molecular weight excluding hydrogens is 252 g/mol. The smallest absolute Gasteiger partial charge is 0.320 e. The van der Waals surface area contributed by atoms with Gasteiger partial charge in [-0.1, -0.05) is 27.2 Å². The van der Waals surface area contributed by atoms with Crippen LogP contribution in [0.4, 0.5) is 0 Å². The van der Waals surface area contributed by atoms with Crippen LogP contribution in [0.3, 0.4) is 0 Å². The minimum Gasteiger partial charge on any atom is -0.392 e. The van der Waals surface area contributed by atoms with Crippen molar-refractivity contribution in [2.75, 3.05) is 0 Å². The molecule has 2 saturated carbocycles. The average Bonchev–Trinajstić information content (AvgIpc) is 3.04. The maximum atomic E-state index is 12.6. The third-order valence-corrected chi connectivity index (χ3v) is 7.19. The first kappa shape index (κ1) is 14.1. The largest absolute Gasteiger partial charge is 0.392 e. The van der Waals surface area contributed by atoms with Crippen molar-refractivity contribution in [1.29, 1.82) is 0 Å². The van der Waals surface area contributed by atoms with Gasteiger partial charge in [-0.3, -0.25) is 9.59 Å². The van der Waals surface area contributed by atoms with Crippen LogP contribution < -0.4 is 0 Å². The van der Waals surface area contributed by atoms with Gasteiger partial charge in [-0.2, -0.15) is 0 Å². The lowest BCUT2D eigenvalue weighted by Gasteiger charge is -2.52. The number of esters is 2. The fourth-order valence-electron chi connectivity index (χ4n) is 6.02. The molecule has 0 aromatic carbocycles. The topological polar surface area (TPSA) is 43.4 Å². The summed E-state index contributed by atoms with van der Waals surface area (Å²) in [7, 11) is 0. The number of fused-ring (bicyclic) bond motifs is 2. The predicted molar refractivity (Wildman–Crippen MR) is 75.7 cm³/mol. The Balaban J connectivity index is 2.12. The fraction of sp³-hybridized carbons (Fsp3) is 0.882. The summed E-state index contributed by atoms with van der Waals surface area (Å²) in [6.07, 6.45) is 5.87. The van der Waals surface area contributed by atoms with E-state index in [1.54, 1.807) is 0 Å². The second kappa shape index (κ2) is 4.32. The van der Waals surface area contributed by atoms with E-state index in [4.69, 9.17) is 4.74 Å². The van der Waals surface area contributed by atoms with Gasteiger partial charge in [0.1, 0.15) is 0 Å². The van der Waals surface area contributed by atoms with Gasteiger partial charge in [0.05, 0.1) is 11.3 Å². The summed E-state index contributed by atoms with van der Waals surface area (Å²) in [5, 5.41) is 0. The number of carbonyl (C=O) groups excluding carboxylic acids is 2. The molecule has 0 spiro atoms. The Morgan fingerprint density at radius 1 is 1.25 bits per heavy atom. The lowest BCUT2D eigenvalue weighted by atomic mass is 9.48. The second-order valence-electron chi connectivity index (χ2n) is 7.48. The number of cyclic esters (lactones) is 2. The van der Waals surface area contributed by atoms with E-state index < -0.39 is 5.41 Å². The number of rotatable bonds is 3. The summed E-state index contributed by atoms with van der Waals surface area (Å²) >= 11 is 0. The SMILES string of the molecule is CCCC1(C2(C)C(=O)OC(=O)C2C)C2CCC(C2)C1C. The summed E-state index contributed by atoms with van der Waals surface area (Å²) < 4.78 is 5.05. The molecule has 0 aromatic rings. The highest BCUT2D eigenvalue weighted by atomic mass is 16.6. The number of carbonyl (C=O) groups is 2. The molecule has 0 N–H and O–H groups in total. The molecule has 3 nitrogen and oxygen atoms in total. The molecule has 0 radical (unpaired) electrons. The van der Waals surface area contributed by atoms with Crippen molar-refractivity contribution in [3.63, 3.8) is 0 Å². The van der Waals surface area contributed by atoms with Gasteiger partial charge in [-0.05, 0) is 55.8 Å². The maximum absolute atomic E-state index is 12.6. The summed E-state index contributed by atoms with van der Waals surface area (Å²) in [5.41, 5.74) is -0.660. The van der Waals surface area contributed by atoms with Crippen LogP contribution in [-0.4, -0.2) is 11.9 Å². The van der Waals surface area contributed by atoms with Crippen molar-refractivity contribution in [2.45, 2.75) is 59.8 Å². The average molecular weight is 278 g/mol. The van der Waals surface area contributed by atoms with Crippen LogP contribution >= 0.6 is 0 Å². The Kier molecular flexibility index (Phi) is 3.04. The summed E-state index contributed by atoms with van der Waals surface area (Å²) in [5.74, 6) is 0.966. The van der Waals surface area contributed by atoms with E-state index in [-0.39, 0.29) is 23.3 Å². The summed E-state index contributed by atoms with van der Waals surface area (Å²) in [4.78, 5) is 24.5. The molecule has 3 rings (SSSR count). The van der Waals surface area contributed by atoms with Gasteiger partial charge in [0, 0.05) is 0 Å². The second-order valence-corrected chi connectivity index (χ2v) is 7.48. The third kappa shape index (κ3) is 1.37. The minimum atomic E-state index is -0.626. The maximum Gasteiger partial charge on any atom is 0.320 e. The molecule has 3 heteroatoms. The van der Waals surface area contributed by atoms with Crippen LogP contribution in [0.5, 0.6) is 0 Å². The van der Waals surface area contributed by atoms with Gasteiger partial charge < -0.3 is 4.74 Å². The number of ether oxygens (including phenoxy) is 1. The summed E-state index contributed by atoms with van der Waals surface area (Å²) in [6, 6.07) is 0. The van der Waals surface area contributed by atoms with E-state index >= 15 is 0 Å². The molecule has 3 aliphatic rings. The van der Waals surface area contributed by atoms with E-state index in [0.29, 0.717) is 11.8 Å². The molecule has 1 saturated heterocycles. The van der Waals surface area contributed by atoms with Crippen molar-refractivity contribution < 1.29 is 14.3 Å². The molecule has 6 unspecified atom stereocenters. The van der Waals surface area contributed by atoms with Crippen molar-refractivity contribution in [2.24, 2.45) is 34.5 Å². The van der Waals surface area contributed by atoms with Crippen LogP contribution in [0, 0.1) is 34.5 Å². The van der Waals surface area contributed by atoms with Gasteiger partial charge in [0.15, 0.2) is 0 Å². The Morgan fingerprint density at radius 3 is 2.40 bits per heavy atom. The molecule has 1 heterocycles.